The van der Waals surface area contributed by atoms with Gasteiger partial charge in [0, 0.05) is 54.5 Å². The molecule has 14 N–H and O–H groups in total. The Labute approximate surface area is 696 Å². The number of oxazole rings is 3. The van der Waals surface area contributed by atoms with Gasteiger partial charge >= 0.3 is 30.3 Å². The maximum absolute atomic E-state index is 12.1. The van der Waals surface area contributed by atoms with Crippen LogP contribution in [0.4, 0.5) is 39.5 Å². The fourth-order valence-electron chi connectivity index (χ4n) is 7.56. The summed E-state index contributed by atoms with van der Waals surface area (Å²) in [5.74, 6) is 5.97. The average Bonchev–Trinajstić information content (AvgIpc) is 1.65. The van der Waals surface area contributed by atoms with Crippen LogP contribution in [0.15, 0.2) is 153 Å². The quantitative estimate of drug-likeness (QED) is 0.00316. The van der Waals surface area contributed by atoms with Gasteiger partial charge in [0.25, 0.3) is 22.9 Å². The van der Waals surface area contributed by atoms with E-state index in [4.69, 9.17) is 35.9 Å². The molecule has 646 valence electrons. The number of H-pyrrole nitrogens is 1. The number of benzene rings is 5. The number of amidine groups is 1. The Balaban J connectivity index is -0.000000638. The zero-order chi connectivity index (χ0) is 87.3. The number of aromatic amines is 1. The predicted molar refractivity (Wildman–Crippen MR) is 425 cm³/mol. The van der Waals surface area contributed by atoms with Crippen LogP contribution in [-0.2, 0) is 28.5 Å². The van der Waals surface area contributed by atoms with Crippen molar-refractivity contribution in [1.82, 2.24) is 35.0 Å². The molecule has 4 aromatic heterocycles. The summed E-state index contributed by atoms with van der Waals surface area (Å²) in [5.41, 5.74) is 20.0. The second-order valence-corrected chi connectivity index (χ2v) is 28.7. The molecule has 0 aliphatic rings. The number of hydrogen-bond donors (Lipinski definition) is 7. The molecule has 9 rings (SSSR count). The Bertz CT molecular complexity index is 4470. The molecule has 46 heteroatoms. The maximum Gasteiger partial charge on any atom is 0.573 e. The van der Waals surface area contributed by atoms with Gasteiger partial charge in [0.1, 0.15) is 23.1 Å². The number of aryl methyl sites for hydroxylation is 3. The van der Waals surface area contributed by atoms with E-state index in [0.717, 1.165) is 42.3 Å². The number of carbonyl (C=O) groups is 8. The minimum Gasteiger partial charge on any atom is -0.460 e. The Morgan fingerprint density at radius 1 is 0.538 bits per heavy atom. The van der Waals surface area contributed by atoms with Crippen LogP contribution in [0.5, 0.6) is 17.2 Å². The molecule has 0 bridgehead atoms. The number of halogens is 15. The van der Waals surface area contributed by atoms with E-state index in [0.29, 0.717) is 51.0 Å². The van der Waals surface area contributed by atoms with Crippen molar-refractivity contribution in [3.05, 3.63) is 180 Å². The number of nitrogens with one attached hydrogen (secondary N) is 2. The van der Waals surface area contributed by atoms with Gasteiger partial charge in [-0.2, -0.15) is 0 Å². The lowest BCUT2D eigenvalue weighted by molar-refractivity contribution is -0.275. The van der Waals surface area contributed by atoms with Crippen LogP contribution >= 0.6 is 75.3 Å². The van der Waals surface area contributed by atoms with E-state index in [2.05, 4.69) is 132 Å². The van der Waals surface area contributed by atoms with E-state index in [1.807, 2.05) is 38.1 Å². The third kappa shape index (κ3) is 51.6. The van der Waals surface area contributed by atoms with Crippen LogP contribution < -0.4 is 43.1 Å². The van der Waals surface area contributed by atoms with Gasteiger partial charge in [-0.3, -0.25) is 60.3 Å². The van der Waals surface area contributed by atoms with Crippen LogP contribution in [0.1, 0.15) is 120 Å². The molecule has 0 aliphatic heterocycles. The van der Waals surface area contributed by atoms with Gasteiger partial charge in [-0.25, -0.2) is 24.7 Å². The van der Waals surface area contributed by atoms with Crippen molar-refractivity contribution in [2.45, 2.75) is 101 Å². The molecule has 9 aromatic rings. The first-order valence-electron chi connectivity index (χ1n) is 32.6. The van der Waals surface area contributed by atoms with E-state index >= 15 is 0 Å². The van der Waals surface area contributed by atoms with Crippen molar-refractivity contribution in [3.8, 4) is 62.9 Å². The number of alkyl halides is 9. The number of hydrogen-bond acceptors (Lipinski definition) is 27. The third-order valence-electron chi connectivity index (χ3n) is 12.8. The highest BCUT2D eigenvalue weighted by atomic mass is 36.0. The molecule has 0 aliphatic carbocycles. The summed E-state index contributed by atoms with van der Waals surface area (Å²) in [6.45, 7) is 21.4. The topological polar surface area (TPSA) is 499 Å². The maximum atomic E-state index is 12.1. The molecular weight excluding hydrogens is 1720 g/mol. The molecule has 0 saturated heterocycles. The molecule has 0 fully saturated rings. The molecule has 0 saturated carbocycles. The monoisotopic (exact) mass is 1800 g/mol. The first-order chi connectivity index (χ1) is 53.1. The van der Waals surface area contributed by atoms with Crippen molar-refractivity contribution < 1.29 is 120 Å². The number of aromatic nitrogens is 6. The molecule has 0 atom stereocenters. The van der Waals surface area contributed by atoms with Gasteiger partial charge in [0.05, 0.1) is 44.1 Å². The fraction of sp³-hybridized carbons (Fsp3) is 0.296. The molecule has 5 aromatic carbocycles. The zero-order valence-electron chi connectivity index (χ0n) is 63.7. The highest BCUT2D eigenvalue weighted by Crippen LogP contribution is 2.61. The van der Waals surface area contributed by atoms with Crippen LogP contribution in [0.2, 0.25) is 0 Å². The van der Waals surface area contributed by atoms with Gasteiger partial charge in [-0.05, 0) is 172 Å². The Hall–Kier alpha value is -10.0. The van der Waals surface area contributed by atoms with Crippen molar-refractivity contribution >= 4 is 127 Å². The predicted octanol–water partition coefficient (Wildman–Crippen LogP) is 15.7. The second-order valence-electron chi connectivity index (χ2n) is 21.7. The minimum absolute atomic E-state index is 0. The van der Waals surface area contributed by atoms with Crippen molar-refractivity contribution in [2.24, 2.45) is 28.9 Å². The van der Waals surface area contributed by atoms with E-state index in [9.17, 15) is 82.4 Å². The number of carbonyl (C=O) groups excluding carboxylic acids is 8. The smallest absolute Gasteiger partial charge is 0.460 e. The summed E-state index contributed by atoms with van der Waals surface area (Å²) < 4.78 is 149. The average molecular weight is 1810 g/mol. The second kappa shape index (κ2) is 58.0. The number of rotatable bonds is 22. The molecule has 0 spiro atoms. The summed E-state index contributed by atoms with van der Waals surface area (Å²) in [5, 5.41) is 8.72. The summed E-state index contributed by atoms with van der Waals surface area (Å²) >= 11 is 18.5. The summed E-state index contributed by atoms with van der Waals surface area (Å²) in [7, 11) is 0. The van der Waals surface area contributed by atoms with Crippen LogP contribution in [-0.4, -0.2) is 151 Å². The Morgan fingerprint density at radius 2 is 0.863 bits per heavy atom. The molecule has 0 radical (unpaired) electrons. The first-order valence-corrected chi connectivity index (χ1v) is 37.4. The number of ether oxygens (including phenoxy) is 4. The lowest BCUT2D eigenvalue weighted by atomic mass is 10.0. The van der Waals surface area contributed by atoms with Crippen LogP contribution in [0, 0.1) is 26.2 Å². The molecule has 0 unspecified atom stereocenters. The van der Waals surface area contributed by atoms with Crippen molar-refractivity contribution in [1.29, 1.82) is 5.41 Å². The number of ketones is 6. The molecule has 4 heterocycles. The molecule has 0 amide bonds. The van der Waals surface area contributed by atoms with Crippen molar-refractivity contribution in [3.63, 3.8) is 0 Å². The van der Waals surface area contributed by atoms with Gasteiger partial charge in [0.15, 0.2) is 28.8 Å². The molecular formula is C71H85Cl6F9N13O17P. The van der Waals surface area contributed by atoms with E-state index in [-0.39, 0.29) is 127 Å². The SMILES string of the molecule is CC(=N)N.CC(=O)C(=O)Cl.CC(=O)c1ncc(-c2ccc(OC(F)(F)F)cc2)o1.CCN(CC)CC.CCOC(=O)C(=O)CCC(=O)c1ccc(C)cc1.Cc1ccc(C(=O)CN)cc1.Cc1nc(-c2ncc(-c3ccc(OC(F)(F)F)cc3)o2)n[nH]1.Cl.Cl.NCC(=O)c1ncc(-c2ccc(OC(F)(F)F)cc2)o1.NN.O.O=P(Cl)(Cl)Cl. The number of esters is 1. The third-order valence-corrected chi connectivity index (χ3v) is 13.0. The van der Waals surface area contributed by atoms with Gasteiger partial charge < -0.3 is 59.8 Å². The normalized spacial score (nSPS) is 10.2. The Morgan fingerprint density at radius 3 is 1.15 bits per heavy atom. The fourth-order valence-corrected chi connectivity index (χ4v) is 7.56. The summed E-state index contributed by atoms with van der Waals surface area (Å²) in [4.78, 5) is 105. The number of hydrazine groups is 1. The lowest BCUT2D eigenvalue weighted by Gasteiger charge is -2.13. The molecule has 30 nitrogen and oxygen atoms in total. The lowest BCUT2D eigenvalue weighted by Crippen LogP contribution is -2.21. The standard InChI is InChI=1S/C14H16O4.C13H9F3N4O2.C12H9F3N2O3.C12H8F3NO3.C9H11NO.C6H15N.C3H3ClO2.C2H6N2.Cl3OP.2ClH.H4N2.H2O/c1-3-18-14(17)13(16)9-8-12(15)11-6-4-10(2)5-7-11;1-7-18-11(20-19-7)12-17-6-10(21-12)8-2-4-9(5-3-8)22-13(14,15)16;13-12(14,15)20-8-3-1-7(2-4-8)10-6-17-11(19-10)9(18)5-16;1-7(17)11-16-6-10(18-11)8-2-4-9(5-3-8)19-12(13,14)15;1-7-2-4-8(5-3-7)9(11)6-10;1-4-7(5-2)6-3;1-2(5)3(4)6;1-2(3)4;1-5(2,3)4;;;1-2;/h4-7H,3,8-9H2,1-2H3;2-6H,1H3,(H,18,19,20);1-4,6H,5,16H2;2-6H,1H3;2-5H,6,10H2,1H3;4-6H2,1-3H3;1H3;1H3,(H3,3,4);;2*1H;1-2H2;1H2. The van der Waals surface area contributed by atoms with Gasteiger partial charge in [0.2, 0.25) is 29.0 Å². The van der Waals surface area contributed by atoms with Gasteiger partial charge in [-0.1, -0.05) is 80.4 Å². The highest BCUT2D eigenvalue weighted by Gasteiger charge is 2.33. The minimum atomic E-state index is -4.74. The number of nitrogens with two attached hydrogens (primary N) is 5. The number of nitrogens with zero attached hydrogens (tertiary/aromatic N) is 6. The highest BCUT2D eigenvalue weighted by molar-refractivity contribution is 8.24. The van der Waals surface area contributed by atoms with Crippen molar-refractivity contribution in [2.75, 3.05) is 39.3 Å². The van der Waals surface area contributed by atoms with E-state index < -0.39 is 52.8 Å². The van der Waals surface area contributed by atoms with Crippen LogP contribution in [0.25, 0.3) is 45.7 Å². The number of Topliss-reactive ketones (excluding diaryl/α,β-unsaturated/α-hetero) is 6. The zero-order valence-corrected chi connectivity index (χ0v) is 69.3. The summed E-state index contributed by atoms with van der Waals surface area (Å²) in [6, 6.07) is 29.8. The Kier molecular flexibility index (Phi) is 56.1. The van der Waals surface area contributed by atoms with E-state index in [1.165, 1.54) is 101 Å². The van der Waals surface area contributed by atoms with Gasteiger partial charge in [-0.15, -0.1) is 69.4 Å². The van der Waals surface area contributed by atoms with Crippen LogP contribution in [0.3, 0.4) is 0 Å². The summed E-state index contributed by atoms with van der Waals surface area (Å²) in [6.07, 6.45) is -10.2. The largest absolute Gasteiger partial charge is 0.573 e. The molecule has 117 heavy (non-hydrogen) atoms. The first kappa shape index (κ1) is 113. The van der Waals surface area contributed by atoms with E-state index in [1.54, 1.807) is 38.1 Å².